The number of carbonyl (C=O) groups is 1. The van der Waals surface area contributed by atoms with Gasteiger partial charge in [-0.15, -0.1) is 0 Å². The number of amides is 1. The van der Waals surface area contributed by atoms with Gasteiger partial charge < -0.3 is 20.0 Å². The molecule has 6 heteroatoms. The maximum Gasteiger partial charge on any atom is 0.227 e. The van der Waals surface area contributed by atoms with E-state index in [1.54, 1.807) is 23.4 Å². The first-order chi connectivity index (χ1) is 14.1. The summed E-state index contributed by atoms with van der Waals surface area (Å²) in [5.74, 6) is 0.210. The van der Waals surface area contributed by atoms with E-state index in [0.717, 1.165) is 35.0 Å². The van der Waals surface area contributed by atoms with Gasteiger partial charge in [-0.1, -0.05) is 12.1 Å². The van der Waals surface area contributed by atoms with Gasteiger partial charge in [0, 0.05) is 50.3 Å². The number of aromatic nitrogens is 1. The van der Waals surface area contributed by atoms with Gasteiger partial charge in [0.25, 0.3) is 0 Å². The lowest BCUT2D eigenvalue weighted by atomic mass is 10.0. The highest BCUT2D eigenvalue weighted by Crippen LogP contribution is 2.32. The van der Waals surface area contributed by atoms with Gasteiger partial charge in [-0.05, 0) is 53.1 Å². The second-order valence-corrected chi connectivity index (χ2v) is 7.61. The number of phenols is 1. The normalized spacial score (nSPS) is 16.3. The number of aliphatic hydroxyl groups excluding tert-OH is 1. The van der Waals surface area contributed by atoms with Crippen LogP contribution in [0.2, 0.25) is 0 Å². The standard InChI is InChI=1S/C23H25N3O3/c1-25(13-16-6-9-24-10-7-16)23(29)18-8-11-26(14-18)19-4-2-17-3-5-22(28)21(15-27)20(17)12-19/h2-7,9-10,12,18,27-28H,8,11,13-15H2,1H3. The summed E-state index contributed by atoms with van der Waals surface area (Å²) in [5, 5.41) is 21.5. The molecule has 2 aromatic carbocycles. The Bertz CT molecular complexity index is 1020. The van der Waals surface area contributed by atoms with Crippen molar-refractivity contribution in [3.63, 3.8) is 0 Å². The molecule has 1 aliphatic rings. The molecule has 29 heavy (non-hydrogen) atoms. The molecule has 2 N–H and O–H groups in total. The predicted octanol–water partition coefficient (Wildman–Crippen LogP) is 2.92. The third kappa shape index (κ3) is 3.89. The highest BCUT2D eigenvalue weighted by atomic mass is 16.3. The van der Waals surface area contributed by atoms with Crippen molar-refractivity contribution in [2.24, 2.45) is 5.92 Å². The number of rotatable bonds is 5. The van der Waals surface area contributed by atoms with Crippen LogP contribution in [-0.4, -0.2) is 46.1 Å². The van der Waals surface area contributed by atoms with E-state index < -0.39 is 0 Å². The zero-order chi connectivity index (χ0) is 20.4. The molecule has 1 saturated heterocycles. The zero-order valence-electron chi connectivity index (χ0n) is 16.5. The molecule has 1 fully saturated rings. The Morgan fingerprint density at radius 1 is 1.21 bits per heavy atom. The first kappa shape index (κ1) is 19.2. The van der Waals surface area contributed by atoms with Gasteiger partial charge in [-0.3, -0.25) is 9.78 Å². The van der Waals surface area contributed by atoms with Crippen molar-refractivity contribution < 1.29 is 15.0 Å². The number of hydrogen-bond donors (Lipinski definition) is 2. The van der Waals surface area contributed by atoms with Crippen LogP contribution < -0.4 is 4.90 Å². The molecule has 0 spiro atoms. The molecule has 150 valence electrons. The lowest BCUT2D eigenvalue weighted by molar-refractivity contribution is -0.134. The maximum atomic E-state index is 12.9. The molecule has 0 bridgehead atoms. The number of aliphatic hydroxyl groups is 1. The van der Waals surface area contributed by atoms with E-state index in [0.29, 0.717) is 18.7 Å². The van der Waals surface area contributed by atoms with Crippen molar-refractivity contribution in [1.82, 2.24) is 9.88 Å². The Balaban J connectivity index is 1.48. The molecule has 0 aliphatic carbocycles. The minimum absolute atomic E-state index is 0.0426. The van der Waals surface area contributed by atoms with E-state index >= 15 is 0 Å². The average Bonchev–Trinajstić information content (AvgIpc) is 3.23. The van der Waals surface area contributed by atoms with Crippen LogP contribution in [0.3, 0.4) is 0 Å². The predicted molar refractivity (Wildman–Crippen MR) is 113 cm³/mol. The Hall–Kier alpha value is -3.12. The first-order valence-electron chi connectivity index (χ1n) is 9.81. The molecule has 4 rings (SSSR count). The van der Waals surface area contributed by atoms with E-state index in [1.165, 1.54) is 0 Å². The number of nitrogens with zero attached hydrogens (tertiary/aromatic N) is 3. The molecule has 3 aromatic rings. The summed E-state index contributed by atoms with van der Waals surface area (Å²) in [6, 6.07) is 13.3. The number of aromatic hydroxyl groups is 1. The Morgan fingerprint density at radius 3 is 2.72 bits per heavy atom. The van der Waals surface area contributed by atoms with E-state index in [-0.39, 0.29) is 24.2 Å². The molecule has 0 radical (unpaired) electrons. The topological polar surface area (TPSA) is 76.9 Å². The molecule has 1 aliphatic heterocycles. The highest BCUT2D eigenvalue weighted by Gasteiger charge is 2.30. The largest absolute Gasteiger partial charge is 0.508 e. The summed E-state index contributed by atoms with van der Waals surface area (Å²) in [4.78, 5) is 20.9. The van der Waals surface area contributed by atoms with Gasteiger partial charge in [0.1, 0.15) is 5.75 Å². The number of carbonyl (C=O) groups excluding carboxylic acids is 1. The SMILES string of the molecule is CN(Cc1ccncc1)C(=O)C1CCN(c2ccc3ccc(O)c(CO)c3c2)C1. The molecule has 0 saturated carbocycles. The van der Waals surface area contributed by atoms with Gasteiger partial charge in [0.05, 0.1) is 12.5 Å². The number of pyridine rings is 1. The van der Waals surface area contributed by atoms with Gasteiger partial charge in [0.15, 0.2) is 0 Å². The van der Waals surface area contributed by atoms with Gasteiger partial charge in [-0.25, -0.2) is 0 Å². The van der Waals surface area contributed by atoms with Crippen LogP contribution in [0.1, 0.15) is 17.5 Å². The fourth-order valence-corrected chi connectivity index (χ4v) is 4.07. The molecular formula is C23H25N3O3. The van der Waals surface area contributed by atoms with Crippen molar-refractivity contribution >= 4 is 22.4 Å². The van der Waals surface area contributed by atoms with Crippen molar-refractivity contribution in [2.45, 2.75) is 19.6 Å². The third-order valence-corrected chi connectivity index (χ3v) is 5.70. The molecule has 1 amide bonds. The summed E-state index contributed by atoms with van der Waals surface area (Å²) < 4.78 is 0. The molecule has 1 unspecified atom stereocenters. The van der Waals surface area contributed by atoms with Crippen molar-refractivity contribution in [3.05, 3.63) is 66.0 Å². The molecule has 1 aromatic heterocycles. The van der Waals surface area contributed by atoms with Crippen LogP contribution >= 0.6 is 0 Å². The van der Waals surface area contributed by atoms with E-state index in [9.17, 15) is 15.0 Å². The van der Waals surface area contributed by atoms with E-state index in [1.807, 2.05) is 43.4 Å². The quantitative estimate of drug-likeness (QED) is 0.699. The third-order valence-electron chi connectivity index (χ3n) is 5.70. The second kappa shape index (κ2) is 8.09. The van der Waals surface area contributed by atoms with Crippen LogP contribution in [0.25, 0.3) is 10.8 Å². The van der Waals surface area contributed by atoms with Crippen LogP contribution in [0.15, 0.2) is 54.9 Å². The molecule has 1 atom stereocenters. The maximum absolute atomic E-state index is 12.9. The lowest BCUT2D eigenvalue weighted by Gasteiger charge is -2.23. The molecular weight excluding hydrogens is 366 g/mol. The summed E-state index contributed by atoms with van der Waals surface area (Å²) in [5.41, 5.74) is 2.61. The average molecular weight is 391 g/mol. The van der Waals surface area contributed by atoms with Crippen LogP contribution in [0.5, 0.6) is 5.75 Å². The Labute approximate surface area is 170 Å². The fraction of sp³-hybridized carbons (Fsp3) is 0.304. The second-order valence-electron chi connectivity index (χ2n) is 7.61. The Morgan fingerprint density at radius 2 is 1.97 bits per heavy atom. The van der Waals surface area contributed by atoms with E-state index in [2.05, 4.69) is 9.88 Å². The van der Waals surface area contributed by atoms with Crippen LogP contribution in [0, 0.1) is 5.92 Å². The molecule has 6 nitrogen and oxygen atoms in total. The van der Waals surface area contributed by atoms with Gasteiger partial charge in [0.2, 0.25) is 5.91 Å². The number of hydrogen-bond acceptors (Lipinski definition) is 5. The lowest BCUT2D eigenvalue weighted by Crippen LogP contribution is -2.34. The summed E-state index contributed by atoms with van der Waals surface area (Å²) in [6.07, 6.45) is 4.29. The monoisotopic (exact) mass is 391 g/mol. The van der Waals surface area contributed by atoms with Crippen molar-refractivity contribution in [3.8, 4) is 5.75 Å². The summed E-state index contributed by atoms with van der Waals surface area (Å²) >= 11 is 0. The zero-order valence-corrected chi connectivity index (χ0v) is 16.5. The van der Waals surface area contributed by atoms with Crippen LogP contribution in [0.4, 0.5) is 5.69 Å². The van der Waals surface area contributed by atoms with Gasteiger partial charge in [-0.2, -0.15) is 0 Å². The van der Waals surface area contributed by atoms with Crippen molar-refractivity contribution in [2.75, 3.05) is 25.0 Å². The minimum Gasteiger partial charge on any atom is -0.508 e. The Kier molecular flexibility index (Phi) is 5.36. The smallest absolute Gasteiger partial charge is 0.227 e. The van der Waals surface area contributed by atoms with Crippen molar-refractivity contribution in [1.29, 1.82) is 0 Å². The fourth-order valence-electron chi connectivity index (χ4n) is 4.07. The summed E-state index contributed by atoms with van der Waals surface area (Å²) in [6.45, 7) is 1.83. The first-order valence-corrected chi connectivity index (χ1v) is 9.81. The molecule has 2 heterocycles. The highest BCUT2D eigenvalue weighted by molar-refractivity contribution is 5.90. The number of fused-ring (bicyclic) bond motifs is 1. The van der Waals surface area contributed by atoms with Crippen LogP contribution in [-0.2, 0) is 17.9 Å². The van der Waals surface area contributed by atoms with Gasteiger partial charge >= 0.3 is 0 Å². The van der Waals surface area contributed by atoms with E-state index in [4.69, 9.17) is 0 Å². The summed E-state index contributed by atoms with van der Waals surface area (Å²) in [7, 11) is 1.84. The number of anilines is 1. The minimum atomic E-state index is -0.215. The number of benzene rings is 2.